The molecule has 0 saturated carbocycles. The van der Waals surface area contributed by atoms with Gasteiger partial charge in [-0.3, -0.25) is 0 Å². The van der Waals surface area contributed by atoms with Gasteiger partial charge in [0.2, 0.25) is 11.8 Å². The van der Waals surface area contributed by atoms with Gasteiger partial charge in [0, 0.05) is 13.7 Å². The van der Waals surface area contributed by atoms with Crippen LogP contribution in [0, 0.1) is 0 Å². The SMILES string of the molecule is CCn1cnc2c(OC)nc(N)nc21.CO. The second-order valence-corrected chi connectivity index (χ2v) is 2.79. The van der Waals surface area contributed by atoms with Gasteiger partial charge in [0.05, 0.1) is 13.4 Å². The highest BCUT2D eigenvalue weighted by atomic mass is 16.5. The molecule has 0 atom stereocenters. The maximum atomic E-state index is 7.00. The normalized spacial score (nSPS) is 9.75. The van der Waals surface area contributed by atoms with E-state index in [0.29, 0.717) is 17.0 Å². The Morgan fingerprint density at radius 1 is 1.44 bits per heavy atom. The topological polar surface area (TPSA) is 99.1 Å². The Hall–Kier alpha value is -1.89. The van der Waals surface area contributed by atoms with Gasteiger partial charge in [-0.25, -0.2) is 4.98 Å². The summed E-state index contributed by atoms with van der Waals surface area (Å²) in [5, 5.41) is 7.00. The molecule has 0 bridgehead atoms. The van der Waals surface area contributed by atoms with Crippen molar-refractivity contribution in [1.82, 2.24) is 19.5 Å². The van der Waals surface area contributed by atoms with E-state index in [1.165, 1.54) is 7.11 Å². The number of rotatable bonds is 2. The molecule has 0 saturated heterocycles. The number of hydrogen-bond donors (Lipinski definition) is 2. The third-order valence-corrected chi connectivity index (χ3v) is 1.98. The molecule has 2 rings (SSSR count). The molecule has 16 heavy (non-hydrogen) atoms. The molecule has 88 valence electrons. The summed E-state index contributed by atoms with van der Waals surface area (Å²) >= 11 is 0. The Bertz CT molecular complexity index is 468. The van der Waals surface area contributed by atoms with Crippen LogP contribution < -0.4 is 10.5 Å². The summed E-state index contributed by atoms with van der Waals surface area (Å²) in [5.74, 6) is 0.615. The number of aryl methyl sites for hydroxylation is 1. The van der Waals surface area contributed by atoms with Gasteiger partial charge in [-0.2, -0.15) is 9.97 Å². The van der Waals surface area contributed by atoms with E-state index in [-0.39, 0.29) is 5.95 Å². The molecule has 0 spiro atoms. The number of imidazole rings is 1. The summed E-state index contributed by atoms with van der Waals surface area (Å²) in [4.78, 5) is 12.2. The van der Waals surface area contributed by atoms with Crippen LogP contribution in [0.15, 0.2) is 6.33 Å². The Labute approximate surface area is 92.9 Å². The molecular weight excluding hydrogens is 210 g/mol. The summed E-state index contributed by atoms with van der Waals surface area (Å²) in [6.07, 6.45) is 1.70. The average molecular weight is 225 g/mol. The van der Waals surface area contributed by atoms with Crippen molar-refractivity contribution in [2.24, 2.45) is 0 Å². The lowest BCUT2D eigenvalue weighted by molar-refractivity contribution is 0.399. The van der Waals surface area contributed by atoms with Gasteiger partial charge in [0.15, 0.2) is 11.2 Å². The molecule has 0 fully saturated rings. The van der Waals surface area contributed by atoms with Crippen molar-refractivity contribution in [3.8, 4) is 5.88 Å². The predicted molar refractivity (Wildman–Crippen MR) is 60.1 cm³/mol. The van der Waals surface area contributed by atoms with E-state index in [2.05, 4.69) is 15.0 Å². The standard InChI is InChI=1S/C8H11N5O.CH4O/c1-3-13-4-10-5-6(13)11-8(9)12-7(5)14-2;1-2/h4H,3H2,1-2H3,(H2,9,11,12);2H,1H3. The average Bonchev–Trinajstić information content (AvgIpc) is 2.73. The largest absolute Gasteiger partial charge is 0.479 e. The van der Waals surface area contributed by atoms with Crippen LogP contribution in [-0.2, 0) is 6.54 Å². The maximum Gasteiger partial charge on any atom is 0.246 e. The van der Waals surface area contributed by atoms with E-state index >= 15 is 0 Å². The number of aliphatic hydroxyl groups excluding tert-OH is 1. The van der Waals surface area contributed by atoms with Gasteiger partial charge in [0.25, 0.3) is 0 Å². The minimum absolute atomic E-state index is 0.199. The number of aliphatic hydroxyl groups is 1. The zero-order valence-electron chi connectivity index (χ0n) is 9.51. The molecule has 7 nitrogen and oxygen atoms in total. The zero-order valence-corrected chi connectivity index (χ0v) is 9.51. The molecule has 0 aromatic carbocycles. The molecule has 0 unspecified atom stereocenters. The molecule has 0 amide bonds. The van der Waals surface area contributed by atoms with Gasteiger partial charge in [-0.05, 0) is 6.92 Å². The third kappa shape index (κ3) is 2.03. The number of ether oxygens (including phenoxy) is 1. The fourth-order valence-corrected chi connectivity index (χ4v) is 1.31. The lowest BCUT2D eigenvalue weighted by Gasteiger charge is -2.02. The fourth-order valence-electron chi connectivity index (χ4n) is 1.31. The maximum absolute atomic E-state index is 7.00. The van der Waals surface area contributed by atoms with E-state index in [1.807, 2.05) is 11.5 Å². The van der Waals surface area contributed by atoms with Crippen LogP contribution in [0.2, 0.25) is 0 Å². The Balaban J connectivity index is 0.000000606. The van der Waals surface area contributed by atoms with E-state index in [9.17, 15) is 0 Å². The molecule has 0 radical (unpaired) electrons. The first kappa shape index (κ1) is 12.2. The number of methoxy groups -OCH3 is 1. The number of hydrogen-bond acceptors (Lipinski definition) is 6. The van der Waals surface area contributed by atoms with Crippen LogP contribution >= 0.6 is 0 Å². The van der Waals surface area contributed by atoms with Crippen LogP contribution in [0.5, 0.6) is 5.88 Å². The molecule has 0 aliphatic heterocycles. The highest BCUT2D eigenvalue weighted by Crippen LogP contribution is 2.20. The molecular formula is C9H15N5O2. The molecule has 0 aliphatic carbocycles. The third-order valence-electron chi connectivity index (χ3n) is 1.98. The van der Waals surface area contributed by atoms with Gasteiger partial charge >= 0.3 is 0 Å². The van der Waals surface area contributed by atoms with E-state index in [0.717, 1.165) is 13.7 Å². The van der Waals surface area contributed by atoms with Crippen molar-refractivity contribution < 1.29 is 9.84 Å². The molecule has 2 aromatic heterocycles. The highest BCUT2D eigenvalue weighted by Gasteiger charge is 2.11. The summed E-state index contributed by atoms with van der Waals surface area (Å²) in [6.45, 7) is 2.79. The van der Waals surface area contributed by atoms with Crippen molar-refractivity contribution in [3.63, 3.8) is 0 Å². The smallest absolute Gasteiger partial charge is 0.246 e. The molecule has 7 heteroatoms. The minimum atomic E-state index is 0.199. The van der Waals surface area contributed by atoms with Gasteiger partial charge in [-0.15, -0.1) is 0 Å². The van der Waals surface area contributed by atoms with Gasteiger partial charge in [0.1, 0.15) is 0 Å². The summed E-state index contributed by atoms with van der Waals surface area (Å²) < 4.78 is 6.94. The predicted octanol–water partition coefficient (Wildman–Crippen LogP) is 0.0455. The Kier molecular flexibility index (Phi) is 4.01. The summed E-state index contributed by atoms with van der Waals surface area (Å²) in [6, 6.07) is 0. The second kappa shape index (κ2) is 5.26. The van der Waals surface area contributed by atoms with Crippen LogP contribution in [0.25, 0.3) is 11.2 Å². The second-order valence-electron chi connectivity index (χ2n) is 2.79. The molecule has 2 aromatic rings. The number of nitrogens with zero attached hydrogens (tertiary/aromatic N) is 4. The van der Waals surface area contributed by atoms with Crippen molar-refractivity contribution in [1.29, 1.82) is 0 Å². The van der Waals surface area contributed by atoms with Gasteiger partial charge < -0.3 is 20.1 Å². The fraction of sp³-hybridized carbons (Fsp3) is 0.444. The summed E-state index contributed by atoms with van der Waals surface area (Å²) in [7, 11) is 2.53. The van der Waals surface area contributed by atoms with Gasteiger partial charge in [-0.1, -0.05) is 0 Å². The number of nitrogens with two attached hydrogens (primary N) is 1. The Morgan fingerprint density at radius 2 is 2.12 bits per heavy atom. The minimum Gasteiger partial charge on any atom is -0.479 e. The lowest BCUT2D eigenvalue weighted by atomic mass is 10.5. The van der Waals surface area contributed by atoms with E-state index in [1.54, 1.807) is 6.33 Å². The van der Waals surface area contributed by atoms with Crippen LogP contribution in [0.3, 0.4) is 0 Å². The van der Waals surface area contributed by atoms with Crippen LogP contribution in [-0.4, -0.2) is 38.8 Å². The van der Waals surface area contributed by atoms with Crippen molar-refractivity contribution in [2.75, 3.05) is 20.0 Å². The van der Waals surface area contributed by atoms with Crippen LogP contribution in [0.1, 0.15) is 6.92 Å². The lowest BCUT2D eigenvalue weighted by Crippen LogP contribution is -2.01. The van der Waals surface area contributed by atoms with E-state index < -0.39 is 0 Å². The molecule has 2 heterocycles. The number of fused-ring (bicyclic) bond motifs is 1. The number of aromatic nitrogens is 4. The monoisotopic (exact) mass is 225 g/mol. The zero-order chi connectivity index (χ0) is 12.1. The van der Waals surface area contributed by atoms with Crippen molar-refractivity contribution >= 4 is 17.1 Å². The Morgan fingerprint density at radius 3 is 2.69 bits per heavy atom. The quantitative estimate of drug-likeness (QED) is 0.749. The van der Waals surface area contributed by atoms with Crippen LogP contribution in [0.4, 0.5) is 5.95 Å². The first-order chi connectivity index (χ1) is 7.76. The first-order valence-electron chi connectivity index (χ1n) is 4.73. The van der Waals surface area contributed by atoms with Crippen molar-refractivity contribution in [2.45, 2.75) is 13.5 Å². The number of nitrogen functional groups attached to an aromatic ring is 1. The molecule has 0 aliphatic rings. The van der Waals surface area contributed by atoms with Crippen molar-refractivity contribution in [3.05, 3.63) is 6.33 Å². The highest BCUT2D eigenvalue weighted by molar-refractivity contribution is 5.77. The van der Waals surface area contributed by atoms with E-state index in [4.69, 9.17) is 15.6 Å². The summed E-state index contributed by atoms with van der Waals surface area (Å²) in [5.41, 5.74) is 6.89. The number of anilines is 1. The molecule has 3 N–H and O–H groups in total. The first-order valence-corrected chi connectivity index (χ1v) is 4.73.